The summed E-state index contributed by atoms with van der Waals surface area (Å²) in [6.07, 6.45) is 2.48. The fourth-order valence-electron chi connectivity index (χ4n) is 7.66. The van der Waals surface area contributed by atoms with Crippen molar-refractivity contribution in [3.8, 4) is 5.75 Å². The monoisotopic (exact) mass is 692 g/mol. The third kappa shape index (κ3) is 4.29. The number of rotatable bonds is 3. The van der Waals surface area contributed by atoms with Crippen LogP contribution in [0.2, 0.25) is 10.0 Å². The Morgan fingerprint density at radius 1 is 0.727 bits per heavy atom. The van der Waals surface area contributed by atoms with E-state index in [1.807, 2.05) is 19.9 Å². The molecule has 224 valence electrons. The molecule has 7 rings (SSSR count). The minimum absolute atomic E-state index is 0.0116. The quantitative estimate of drug-likeness (QED) is 0.233. The predicted molar refractivity (Wildman–Crippen MR) is 171 cm³/mol. The van der Waals surface area contributed by atoms with Crippen LogP contribution in [0.3, 0.4) is 0 Å². The molecule has 6 unspecified atom stereocenters. The number of carbonyl (C=O) groups excluding carboxylic acids is 4. The molecule has 3 aromatic carbocycles. The van der Waals surface area contributed by atoms with Crippen LogP contribution in [0.25, 0.3) is 0 Å². The Labute approximate surface area is 272 Å². The van der Waals surface area contributed by atoms with Crippen molar-refractivity contribution in [2.45, 2.75) is 32.6 Å². The largest absolute Gasteiger partial charge is 0.508 e. The summed E-state index contributed by atoms with van der Waals surface area (Å²) in [6, 6.07) is 15.2. The van der Waals surface area contributed by atoms with E-state index >= 15 is 0 Å². The number of allylic oxidation sites excluding steroid dienone is 2. The Hall–Kier alpha value is -3.46. The van der Waals surface area contributed by atoms with Crippen molar-refractivity contribution < 1.29 is 24.3 Å². The van der Waals surface area contributed by atoms with Gasteiger partial charge in [0.15, 0.2) is 0 Å². The summed E-state index contributed by atoms with van der Waals surface area (Å²) in [6.45, 7) is 3.69. The lowest BCUT2D eigenvalue weighted by atomic mass is 9.57. The number of fused-ring (bicyclic) bond motifs is 4. The summed E-state index contributed by atoms with van der Waals surface area (Å²) in [4.78, 5) is 58.7. The van der Waals surface area contributed by atoms with Crippen LogP contribution in [0.5, 0.6) is 5.75 Å². The first-order chi connectivity index (χ1) is 21.0. The molecule has 7 nitrogen and oxygen atoms in total. The normalized spacial score (nSPS) is 27.8. The van der Waals surface area contributed by atoms with Crippen molar-refractivity contribution in [3.05, 3.63) is 97.5 Å². The Morgan fingerprint density at radius 2 is 1.30 bits per heavy atom. The highest BCUT2D eigenvalue weighted by Crippen LogP contribution is 2.59. The highest BCUT2D eigenvalue weighted by atomic mass is 79.9. The molecule has 1 N–H and O–H groups in total. The molecule has 3 aromatic rings. The van der Waals surface area contributed by atoms with E-state index in [9.17, 15) is 24.3 Å². The number of aromatic hydroxyl groups is 1. The molecule has 0 radical (unpaired) electrons. The maximum atomic E-state index is 14.2. The van der Waals surface area contributed by atoms with Crippen molar-refractivity contribution in [1.29, 1.82) is 0 Å². The van der Waals surface area contributed by atoms with E-state index in [1.165, 1.54) is 9.80 Å². The third-order valence-corrected chi connectivity index (χ3v) is 11.1. The maximum Gasteiger partial charge on any atom is 0.238 e. The van der Waals surface area contributed by atoms with Crippen molar-refractivity contribution in [3.63, 3.8) is 0 Å². The Balaban J connectivity index is 1.35. The molecular weight excluding hydrogens is 667 g/mol. The van der Waals surface area contributed by atoms with Crippen LogP contribution in [-0.2, 0) is 19.2 Å². The van der Waals surface area contributed by atoms with Crippen LogP contribution < -0.4 is 9.80 Å². The first-order valence-electron chi connectivity index (χ1n) is 14.4. The predicted octanol–water partition coefficient (Wildman–Crippen LogP) is 7.12. The number of benzene rings is 3. The molecule has 2 saturated heterocycles. The van der Waals surface area contributed by atoms with E-state index in [0.717, 1.165) is 16.7 Å². The lowest BCUT2D eigenvalue weighted by molar-refractivity contribution is -0.126. The van der Waals surface area contributed by atoms with Gasteiger partial charge >= 0.3 is 0 Å². The highest BCUT2D eigenvalue weighted by molar-refractivity contribution is 9.10. The smallest absolute Gasteiger partial charge is 0.238 e. The fourth-order valence-corrected chi connectivity index (χ4v) is 8.39. The summed E-state index contributed by atoms with van der Waals surface area (Å²) in [7, 11) is 0. The third-order valence-electron chi connectivity index (χ3n) is 9.80. The van der Waals surface area contributed by atoms with Gasteiger partial charge in [-0.05, 0) is 86.2 Å². The van der Waals surface area contributed by atoms with E-state index in [4.69, 9.17) is 23.2 Å². The number of aryl methyl sites for hydroxylation is 2. The summed E-state index contributed by atoms with van der Waals surface area (Å²) in [5, 5.41) is 12.0. The van der Waals surface area contributed by atoms with Gasteiger partial charge in [0, 0.05) is 26.0 Å². The van der Waals surface area contributed by atoms with Crippen molar-refractivity contribution >= 4 is 74.1 Å². The first-order valence-corrected chi connectivity index (χ1v) is 16.0. The second kappa shape index (κ2) is 10.6. The van der Waals surface area contributed by atoms with E-state index in [-0.39, 0.29) is 35.8 Å². The van der Waals surface area contributed by atoms with Gasteiger partial charge in [0.05, 0.1) is 35.0 Å². The van der Waals surface area contributed by atoms with Gasteiger partial charge < -0.3 is 5.11 Å². The zero-order valence-corrected chi connectivity index (χ0v) is 26.9. The van der Waals surface area contributed by atoms with Crippen LogP contribution in [0.1, 0.15) is 35.4 Å². The number of amides is 4. The zero-order chi connectivity index (χ0) is 31.2. The molecule has 44 heavy (non-hydrogen) atoms. The molecule has 10 heteroatoms. The number of phenols is 1. The van der Waals surface area contributed by atoms with Crippen molar-refractivity contribution in [2.75, 3.05) is 9.80 Å². The highest BCUT2D eigenvalue weighted by Gasteiger charge is 2.62. The number of hydrogen-bond acceptors (Lipinski definition) is 5. The second-order valence-corrected chi connectivity index (χ2v) is 13.8. The molecule has 4 amide bonds. The molecular formula is C34H27BrCl2N2O5. The fraction of sp³-hybridized carbons (Fsp3) is 0.294. The van der Waals surface area contributed by atoms with E-state index in [0.29, 0.717) is 37.9 Å². The van der Waals surface area contributed by atoms with Gasteiger partial charge in [0.2, 0.25) is 23.6 Å². The van der Waals surface area contributed by atoms with E-state index < -0.39 is 35.5 Å². The minimum Gasteiger partial charge on any atom is -0.508 e. The Bertz CT molecular complexity index is 1840. The van der Waals surface area contributed by atoms with Crippen molar-refractivity contribution in [2.24, 2.45) is 29.6 Å². The molecule has 2 heterocycles. The number of halogens is 3. The van der Waals surface area contributed by atoms with Gasteiger partial charge in [-0.15, -0.1) is 0 Å². The van der Waals surface area contributed by atoms with Gasteiger partial charge in [-0.1, -0.05) is 62.9 Å². The minimum atomic E-state index is -0.805. The molecule has 6 atom stereocenters. The number of anilines is 2. The van der Waals surface area contributed by atoms with Crippen LogP contribution in [0, 0.1) is 43.4 Å². The molecule has 0 spiro atoms. The van der Waals surface area contributed by atoms with Crippen LogP contribution >= 0.6 is 39.1 Å². The molecule has 3 fully saturated rings. The number of imide groups is 2. The van der Waals surface area contributed by atoms with Crippen LogP contribution in [-0.4, -0.2) is 28.7 Å². The molecule has 0 bridgehead atoms. The van der Waals surface area contributed by atoms with Gasteiger partial charge in [-0.3, -0.25) is 19.2 Å². The van der Waals surface area contributed by atoms with Gasteiger partial charge in [0.25, 0.3) is 0 Å². The number of phenolic OH excluding ortho intramolecular Hbond substituents is 1. The molecule has 2 aliphatic heterocycles. The second-order valence-electron chi connectivity index (χ2n) is 12.1. The SMILES string of the molecule is Cc1ccc(N2C(=O)C3CC=C4C(CC5C(=O)N(c6ccc(C)c(Cl)c6)C(=O)C5C4c4cc(Br)ccc4O)C3C2=O)cc1Cl. The number of carbonyl (C=O) groups is 4. The Morgan fingerprint density at radius 3 is 1.89 bits per heavy atom. The lowest BCUT2D eigenvalue weighted by Gasteiger charge is -2.44. The van der Waals surface area contributed by atoms with Gasteiger partial charge in [-0.25, -0.2) is 9.80 Å². The summed E-state index contributed by atoms with van der Waals surface area (Å²) in [5.74, 6) is -5.47. The lowest BCUT2D eigenvalue weighted by Crippen LogP contribution is -2.43. The van der Waals surface area contributed by atoms with Crippen LogP contribution in [0.4, 0.5) is 11.4 Å². The van der Waals surface area contributed by atoms with Crippen LogP contribution in [0.15, 0.2) is 70.7 Å². The average Bonchev–Trinajstić information content (AvgIpc) is 3.40. The molecule has 0 aromatic heterocycles. The van der Waals surface area contributed by atoms with Crippen molar-refractivity contribution in [1.82, 2.24) is 0 Å². The standard InChI is InChI=1S/C34H27BrCl2N2O5/c1-15-3-6-18(12-25(15)36)38-31(41)21-9-8-20-22(29(21)33(38)43)14-24-30(28(20)23-11-17(35)5-10-27(23)40)34(44)39(32(24)42)19-7-4-16(2)26(37)13-19/h3-8,10-13,21-22,24,28-30,40H,9,14H2,1-2H3. The summed E-state index contributed by atoms with van der Waals surface area (Å²) >= 11 is 16.3. The average molecular weight is 694 g/mol. The molecule has 2 aliphatic carbocycles. The van der Waals surface area contributed by atoms with E-state index in [1.54, 1.807) is 54.6 Å². The zero-order valence-electron chi connectivity index (χ0n) is 23.8. The summed E-state index contributed by atoms with van der Waals surface area (Å²) < 4.78 is 0.701. The molecule has 1 saturated carbocycles. The number of nitrogens with zero attached hydrogens (tertiary/aromatic N) is 2. The molecule has 4 aliphatic rings. The first kappa shape index (κ1) is 29.3. The Kier molecular flexibility index (Phi) is 7.03. The van der Waals surface area contributed by atoms with Gasteiger partial charge in [-0.2, -0.15) is 0 Å². The van der Waals surface area contributed by atoms with Gasteiger partial charge in [0.1, 0.15) is 5.75 Å². The maximum absolute atomic E-state index is 14.2. The number of hydrogen-bond donors (Lipinski definition) is 1. The topological polar surface area (TPSA) is 95.0 Å². The van der Waals surface area contributed by atoms with E-state index in [2.05, 4.69) is 15.9 Å². The summed E-state index contributed by atoms with van der Waals surface area (Å²) in [5.41, 5.74) is 3.73.